The number of halogens is 3. The molecular formula is C8H17F3N2O2S. The van der Waals surface area contributed by atoms with Gasteiger partial charge in [-0.1, -0.05) is 6.92 Å². The Morgan fingerprint density at radius 2 is 1.75 bits per heavy atom. The molecule has 0 amide bonds. The van der Waals surface area contributed by atoms with Gasteiger partial charge in [0, 0.05) is 13.1 Å². The van der Waals surface area contributed by atoms with Gasteiger partial charge in [0.15, 0.2) is 0 Å². The molecule has 0 atom stereocenters. The fraction of sp³-hybridized carbons (Fsp3) is 1.00. The van der Waals surface area contributed by atoms with Crippen molar-refractivity contribution >= 4 is 10.0 Å². The molecule has 0 aromatic heterocycles. The van der Waals surface area contributed by atoms with E-state index < -0.39 is 29.2 Å². The second-order valence-electron chi connectivity index (χ2n) is 3.33. The zero-order chi connectivity index (χ0) is 12.7. The van der Waals surface area contributed by atoms with Gasteiger partial charge in [-0.25, -0.2) is 13.1 Å². The van der Waals surface area contributed by atoms with Crippen LogP contribution in [0.4, 0.5) is 13.2 Å². The van der Waals surface area contributed by atoms with Crippen LogP contribution in [0.3, 0.4) is 0 Å². The molecule has 16 heavy (non-hydrogen) atoms. The van der Waals surface area contributed by atoms with Crippen LogP contribution < -0.4 is 10.0 Å². The lowest BCUT2D eigenvalue weighted by molar-refractivity contribution is -0.132. The number of hydrogen-bond donors (Lipinski definition) is 2. The third-order valence-electron chi connectivity index (χ3n) is 1.70. The molecule has 0 unspecified atom stereocenters. The average Bonchev–Trinajstić information content (AvgIpc) is 2.10. The molecule has 0 rings (SSSR count). The zero-order valence-electron chi connectivity index (χ0n) is 9.10. The number of sulfonamides is 1. The largest absolute Gasteiger partial charge is 0.390 e. The van der Waals surface area contributed by atoms with Crippen LogP contribution in [0.1, 0.15) is 19.8 Å². The molecular weight excluding hydrogens is 245 g/mol. The van der Waals surface area contributed by atoms with E-state index in [0.29, 0.717) is 6.54 Å². The van der Waals surface area contributed by atoms with Gasteiger partial charge in [-0.05, 0) is 13.0 Å². The van der Waals surface area contributed by atoms with E-state index in [2.05, 4.69) is 5.32 Å². The quantitative estimate of drug-likeness (QED) is 0.638. The first kappa shape index (κ1) is 15.7. The van der Waals surface area contributed by atoms with Crippen molar-refractivity contribution < 1.29 is 21.6 Å². The summed E-state index contributed by atoms with van der Waals surface area (Å²) < 4.78 is 59.4. The number of alkyl halides is 3. The van der Waals surface area contributed by atoms with Gasteiger partial charge in [0.25, 0.3) is 0 Å². The van der Waals surface area contributed by atoms with Gasteiger partial charge in [0.2, 0.25) is 10.0 Å². The molecule has 4 nitrogen and oxygen atoms in total. The number of nitrogens with one attached hydrogen (secondary N) is 2. The van der Waals surface area contributed by atoms with Gasteiger partial charge < -0.3 is 5.32 Å². The van der Waals surface area contributed by atoms with Gasteiger partial charge >= 0.3 is 6.18 Å². The molecule has 8 heteroatoms. The summed E-state index contributed by atoms with van der Waals surface area (Å²) in [5, 5.41) is 2.86. The second-order valence-corrected chi connectivity index (χ2v) is 5.25. The third-order valence-corrected chi connectivity index (χ3v) is 3.09. The summed E-state index contributed by atoms with van der Waals surface area (Å²) in [6.45, 7) is 2.27. The summed E-state index contributed by atoms with van der Waals surface area (Å²) in [6.07, 6.45) is -4.60. The minimum atomic E-state index is -4.33. The van der Waals surface area contributed by atoms with Crippen LogP contribution in [0.2, 0.25) is 0 Å². The van der Waals surface area contributed by atoms with Gasteiger partial charge in [-0.3, -0.25) is 0 Å². The highest BCUT2D eigenvalue weighted by Crippen LogP contribution is 2.18. The second kappa shape index (κ2) is 7.08. The summed E-state index contributed by atoms with van der Waals surface area (Å²) in [4.78, 5) is 0. The van der Waals surface area contributed by atoms with Gasteiger partial charge in [-0.2, -0.15) is 13.2 Å². The Hall–Kier alpha value is -0.340. The molecule has 0 saturated carbocycles. The summed E-state index contributed by atoms with van der Waals surface area (Å²) in [6, 6.07) is 0. The van der Waals surface area contributed by atoms with Crippen molar-refractivity contribution in [2.75, 3.05) is 25.4 Å². The van der Waals surface area contributed by atoms with E-state index in [1.54, 1.807) is 0 Å². The van der Waals surface area contributed by atoms with E-state index >= 15 is 0 Å². The van der Waals surface area contributed by atoms with Crippen molar-refractivity contribution in [2.24, 2.45) is 0 Å². The molecule has 0 spiro atoms. The van der Waals surface area contributed by atoms with Crippen molar-refractivity contribution in [3.63, 3.8) is 0 Å². The highest BCUT2D eigenvalue weighted by molar-refractivity contribution is 7.89. The molecule has 0 aliphatic carbocycles. The highest BCUT2D eigenvalue weighted by atomic mass is 32.2. The standard InChI is InChI=1S/C8H17F3N2O2S/c1-2-4-12-6-7-16(14,15)13-5-3-8(9,10)11/h12-13H,2-7H2,1H3. The van der Waals surface area contributed by atoms with Crippen LogP contribution in [0.5, 0.6) is 0 Å². The van der Waals surface area contributed by atoms with E-state index in [1.165, 1.54) is 0 Å². The average molecular weight is 262 g/mol. The van der Waals surface area contributed by atoms with Crippen molar-refractivity contribution in [2.45, 2.75) is 25.9 Å². The minimum absolute atomic E-state index is 0.204. The molecule has 0 aliphatic rings. The molecule has 0 radical (unpaired) electrons. The van der Waals surface area contributed by atoms with Crippen molar-refractivity contribution in [3.05, 3.63) is 0 Å². The molecule has 0 aliphatic heterocycles. The summed E-state index contributed by atoms with van der Waals surface area (Å²) in [5.74, 6) is -0.204. The molecule has 0 heterocycles. The van der Waals surface area contributed by atoms with Gasteiger partial charge in [0.1, 0.15) is 0 Å². The van der Waals surface area contributed by atoms with E-state index in [-0.39, 0.29) is 12.3 Å². The number of hydrogen-bond acceptors (Lipinski definition) is 3. The van der Waals surface area contributed by atoms with Crippen LogP contribution in [-0.4, -0.2) is 40.0 Å². The van der Waals surface area contributed by atoms with Crippen LogP contribution in [0.25, 0.3) is 0 Å². The number of rotatable bonds is 8. The predicted molar refractivity (Wildman–Crippen MR) is 55.6 cm³/mol. The highest BCUT2D eigenvalue weighted by Gasteiger charge is 2.27. The van der Waals surface area contributed by atoms with Crippen LogP contribution >= 0.6 is 0 Å². The maximum absolute atomic E-state index is 11.7. The SMILES string of the molecule is CCCNCCS(=O)(=O)NCCC(F)(F)F. The Morgan fingerprint density at radius 3 is 2.25 bits per heavy atom. The predicted octanol–water partition coefficient (Wildman–Crippen LogP) is 0.858. The first-order valence-electron chi connectivity index (χ1n) is 5.01. The molecule has 0 bridgehead atoms. The molecule has 0 saturated heterocycles. The fourth-order valence-electron chi connectivity index (χ4n) is 0.929. The topological polar surface area (TPSA) is 58.2 Å². The first-order chi connectivity index (χ1) is 7.27. The van der Waals surface area contributed by atoms with Crippen molar-refractivity contribution in [3.8, 4) is 0 Å². The molecule has 0 aromatic carbocycles. The molecule has 98 valence electrons. The maximum atomic E-state index is 11.7. The van der Waals surface area contributed by atoms with Gasteiger partial charge in [-0.15, -0.1) is 0 Å². The summed E-state index contributed by atoms with van der Waals surface area (Å²) in [7, 11) is -3.60. The van der Waals surface area contributed by atoms with Crippen LogP contribution in [0, 0.1) is 0 Å². The summed E-state index contributed by atoms with van der Waals surface area (Å²) in [5.41, 5.74) is 0. The first-order valence-corrected chi connectivity index (χ1v) is 6.67. The minimum Gasteiger partial charge on any atom is -0.316 e. The Bertz CT molecular complexity index is 277. The van der Waals surface area contributed by atoms with Crippen LogP contribution in [-0.2, 0) is 10.0 Å². The van der Waals surface area contributed by atoms with Crippen molar-refractivity contribution in [1.82, 2.24) is 10.0 Å². The third kappa shape index (κ3) is 10.2. The van der Waals surface area contributed by atoms with E-state index in [9.17, 15) is 21.6 Å². The molecule has 0 fully saturated rings. The normalized spacial score (nSPS) is 13.0. The lowest BCUT2D eigenvalue weighted by Gasteiger charge is -2.08. The lowest BCUT2D eigenvalue weighted by Crippen LogP contribution is -2.34. The van der Waals surface area contributed by atoms with E-state index in [1.807, 2.05) is 11.6 Å². The fourth-order valence-corrected chi connectivity index (χ4v) is 1.90. The van der Waals surface area contributed by atoms with E-state index in [4.69, 9.17) is 0 Å². The van der Waals surface area contributed by atoms with Gasteiger partial charge in [0.05, 0.1) is 12.2 Å². The Kier molecular flexibility index (Phi) is 6.93. The maximum Gasteiger partial charge on any atom is 0.390 e. The van der Waals surface area contributed by atoms with Crippen molar-refractivity contribution in [1.29, 1.82) is 0 Å². The van der Waals surface area contributed by atoms with Crippen LogP contribution in [0.15, 0.2) is 0 Å². The van der Waals surface area contributed by atoms with E-state index in [0.717, 1.165) is 6.42 Å². The lowest BCUT2D eigenvalue weighted by atomic mass is 10.4. The Morgan fingerprint density at radius 1 is 1.12 bits per heavy atom. The monoisotopic (exact) mass is 262 g/mol. The smallest absolute Gasteiger partial charge is 0.316 e. The zero-order valence-corrected chi connectivity index (χ0v) is 9.92. The molecule has 0 aromatic rings. The summed E-state index contributed by atoms with van der Waals surface area (Å²) >= 11 is 0. The Labute approximate surface area is 93.7 Å². The Balaban J connectivity index is 3.71. The molecule has 2 N–H and O–H groups in total.